The normalized spacial score (nSPS) is 13.4. The van der Waals surface area contributed by atoms with Gasteiger partial charge in [-0.1, -0.05) is 133 Å². The summed E-state index contributed by atoms with van der Waals surface area (Å²) in [4.78, 5) is 2.68. The van der Waals surface area contributed by atoms with Crippen molar-refractivity contribution < 1.29 is 0 Å². The molecule has 7 rings (SSSR count). The van der Waals surface area contributed by atoms with Gasteiger partial charge in [-0.3, -0.25) is 4.90 Å². The van der Waals surface area contributed by atoms with Gasteiger partial charge in [-0.2, -0.15) is 0 Å². The summed E-state index contributed by atoms with van der Waals surface area (Å²) in [6.07, 6.45) is 2.39. The standard InChI is InChI=1S/C37H32NP/c1-3-14-32(15-4-1)39(33-16-5-2-6-17-33)25-11-24-38-26-30-22-20-28-12-7-9-18-34(28)36(30)37-31(27-38)23-21-29-13-8-10-19-35(29)37/h1-10,12-23H,11,24-27H2. The highest BCUT2D eigenvalue weighted by Crippen LogP contribution is 2.42. The molecule has 0 aliphatic carbocycles. The summed E-state index contributed by atoms with van der Waals surface area (Å²) < 4.78 is 0. The molecule has 0 radical (unpaired) electrons. The Bertz CT molecular complexity index is 1620. The molecule has 0 bridgehead atoms. The van der Waals surface area contributed by atoms with E-state index in [1.54, 1.807) is 0 Å². The predicted molar refractivity (Wildman–Crippen MR) is 170 cm³/mol. The van der Waals surface area contributed by atoms with Crippen molar-refractivity contribution in [2.24, 2.45) is 0 Å². The van der Waals surface area contributed by atoms with Crippen molar-refractivity contribution in [3.8, 4) is 11.1 Å². The molecule has 190 valence electrons. The minimum Gasteiger partial charge on any atom is -0.295 e. The van der Waals surface area contributed by atoms with Gasteiger partial charge >= 0.3 is 0 Å². The molecule has 6 aromatic carbocycles. The van der Waals surface area contributed by atoms with Gasteiger partial charge in [0.1, 0.15) is 0 Å². The first kappa shape index (κ1) is 24.3. The highest BCUT2D eigenvalue weighted by molar-refractivity contribution is 7.73. The third-order valence-electron chi connectivity index (χ3n) is 8.06. The largest absolute Gasteiger partial charge is 0.295 e. The van der Waals surface area contributed by atoms with E-state index in [2.05, 4.69) is 138 Å². The second kappa shape index (κ2) is 10.8. The van der Waals surface area contributed by atoms with Gasteiger partial charge in [0.2, 0.25) is 0 Å². The Labute approximate surface area is 232 Å². The fourth-order valence-electron chi connectivity index (χ4n) is 6.26. The van der Waals surface area contributed by atoms with Crippen molar-refractivity contribution in [2.45, 2.75) is 19.5 Å². The molecule has 2 heteroatoms. The third-order valence-corrected chi connectivity index (χ3v) is 10.7. The molecule has 0 unspecified atom stereocenters. The van der Waals surface area contributed by atoms with Crippen LogP contribution in [0.15, 0.2) is 133 Å². The average molecular weight is 522 g/mol. The highest BCUT2D eigenvalue weighted by atomic mass is 31.1. The van der Waals surface area contributed by atoms with Crippen LogP contribution in [0.5, 0.6) is 0 Å². The fraction of sp³-hybridized carbons (Fsp3) is 0.135. The second-order valence-electron chi connectivity index (χ2n) is 10.5. The van der Waals surface area contributed by atoms with E-state index in [0.717, 1.165) is 19.6 Å². The summed E-state index contributed by atoms with van der Waals surface area (Å²) in [6, 6.07) is 49.4. The lowest BCUT2D eigenvalue weighted by Gasteiger charge is -2.24. The predicted octanol–water partition coefficient (Wildman–Crippen LogP) is 8.50. The quantitative estimate of drug-likeness (QED) is 0.199. The van der Waals surface area contributed by atoms with Gasteiger partial charge < -0.3 is 0 Å². The van der Waals surface area contributed by atoms with Crippen LogP contribution in [0.4, 0.5) is 0 Å². The molecular formula is C37H32NP. The van der Waals surface area contributed by atoms with Gasteiger partial charge in [0, 0.05) is 13.1 Å². The Balaban J connectivity index is 1.23. The first-order chi connectivity index (χ1) is 19.3. The fourth-order valence-corrected chi connectivity index (χ4v) is 8.59. The summed E-state index contributed by atoms with van der Waals surface area (Å²) in [5.41, 5.74) is 5.74. The van der Waals surface area contributed by atoms with E-state index in [9.17, 15) is 0 Å². The van der Waals surface area contributed by atoms with Crippen molar-refractivity contribution in [3.05, 3.63) is 145 Å². The Hall–Kier alpha value is -3.77. The molecule has 1 nitrogen and oxygen atoms in total. The summed E-state index contributed by atoms with van der Waals surface area (Å²) in [6.45, 7) is 3.06. The first-order valence-corrected chi connectivity index (χ1v) is 15.5. The maximum atomic E-state index is 2.68. The number of nitrogens with zero attached hydrogens (tertiary/aromatic N) is 1. The van der Waals surface area contributed by atoms with Crippen molar-refractivity contribution in [1.29, 1.82) is 0 Å². The molecule has 0 spiro atoms. The van der Waals surface area contributed by atoms with E-state index in [0.29, 0.717) is 0 Å². The van der Waals surface area contributed by atoms with Crippen LogP contribution < -0.4 is 10.6 Å². The Morgan fingerprint density at radius 2 is 0.949 bits per heavy atom. The lowest BCUT2D eigenvalue weighted by molar-refractivity contribution is 0.261. The molecule has 0 aromatic heterocycles. The van der Waals surface area contributed by atoms with Crippen LogP contribution in [-0.4, -0.2) is 17.6 Å². The van der Waals surface area contributed by atoms with Gasteiger partial charge in [-0.05, 0) is 81.5 Å². The van der Waals surface area contributed by atoms with Gasteiger partial charge in [0.05, 0.1) is 0 Å². The lowest BCUT2D eigenvalue weighted by atomic mass is 9.88. The second-order valence-corrected chi connectivity index (χ2v) is 12.9. The molecule has 0 fully saturated rings. The van der Waals surface area contributed by atoms with E-state index >= 15 is 0 Å². The highest BCUT2D eigenvalue weighted by Gasteiger charge is 2.23. The molecule has 0 saturated heterocycles. The zero-order valence-electron chi connectivity index (χ0n) is 22.1. The number of hydrogen-bond acceptors (Lipinski definition) is 1. The van der Waals surface area contributed by atoms with Gasteiger partial charge in [0.25, 0.3) is 0 Å². The Kier molecular flexibility index (Phi) is 6.71. The SMILES string of the molecule is c1ccc(P(CCCN2Cc3ccc4ccccc4c3-c3c(ccc4ccccc34)C2)c2ccccc2)cc1. The maximum absolute atomic E-state index is 2.68. The third kappa shape index (κ3) is 4.78. The van der Waals surface area contributed by atoms with E-state index in [-0.39, 0.29) is 7.92 Å². The van der Waals surface area contributed by atoms with Gasteiger partial charge in [-0.15, -0.1) is 0 Å². The molecule has 39 heavy (non-hydrogen) atoms. The molecule has 0 saturated carbocycles. The number of hydrogen-bond donors (Lipinski definition) is 0. The van der Waals surface area contributed by atoms with Crippen molar-refractivity contribution >= 4 is 40.1 Å². The van der Waals surface area contributed by atoms with Crippen LogP contribution in [0.2, 0.25) is 0 Å². The van der Waals surface area contributed by atoms with Crippen molar-refractivity contribution in [3.63, 3.8) is 0 Å². The van der Waals surface area contributed by atoms with Crippen LogP contribution in [0, 0.1) is 0 Å². The molecule has 1 aliphatic heterocycles. The first-order valence-electron chi connectivity index (χ1n) is 14.0. The van der Waals surface area contributed by atoms with Gasteiger partial charge in [0.15, 0.2) is 0 Å². The smallest absolute Gasteiger partial charge is 0.0243 e. The molecule has 0 atom stereocenters. The van der Waals surface area contributed by atoms with Gasteiger partial charge in [-0.25, -0.2) is 0 Å². The number of fused-ring (bicyclic) bond motifs is 7. The number of benzene rings is 6. The van der Waals surface area contributed by atoms with Crippen LogP contribution in [0.3, 0.4) is 0 Å². The van der Waals surface area contributed by atoms with E-state index in [4.69, 9.17) is 0 Å². The molecule has 0 amide bonds. The molecule has 1 heterocycles. The van der Waals surface area contributed by atoms with Crippen LogP contribution in [-0.2, 0) is 13.1 Å². The topological polar surface area (TPSA) is 3.24 Å². The Morgan fingerprint density at radius 3 is 1.46 bits per heavy atom. The van der Waals surface area contributed by atoms with E-state index in [1.807, 2.05) is 0 Å². The average Bonchev–Trinajstić information content (AvgIpc) is 3.17. The molecule has 0 N–H and O–H groups in total. The monoisotopic (exact) mass is 521 g/mol. The summed E-state index contributed by atoms with van der Waals surface area (Å²) >= 11 is 0. The molecule has 1 aliphatic rings. The van der Waals surface area contributed by atoms with Crippen molar-refractivity contribution in [2.75, 3.05) is 12.7 Å². The minimum atomic E-state index is -0.363. The molecule has 6 aromatic rings. The number of rotatable bonds is 6. The van der Waals surface area contributed by atoms with Crippen LogP contribution in [0.1, 0.15) is 17.5 Å². The van der Waals surface area contributed by atoms with Crippen LogP contribution in [0.25, 0.3) is 32.7 Å². The lowest BCUT2D eigenvalue weighted by Crippen LogP contribution is -2.24. The van der Waals surface area contributed by atoms with E-state index in [1.165, 1.54) is 67.0 Å². The van der Waals surface area contributed by atoms with Crippen molar-refractivity contribution in [1.82, 2.24) is 4.90 Å². The van der Waals surface area contributed by atoms with Crippen LogP contribution >= 0.6 is 7.92 Å². The van der Waals surface area contributed by atoms with E-state index < -0.39 is 0 Å². The summed E-state index contributed by atoms with van der Waals surface area (Å²) in [5.74, 6) is 0. The Morgan fingerprint density at radius 1 is 0.487 bits per heavy atom. The summed E-state index contributed by atoms with van der Waals surface area (Å²) in [7, 11) is -0.363. The molecular weight excluding hydrogens is 489 g/mol. The zero-order chi connectivity index (χ0) is 26.0. The summed E-state index contributed by atoms with van der Waals surface area (Å²) in [5, 5.41) is 8.32. The zero-order valence-corrected chi connectivity index (χ0v) is 23.0. The maximum Gasteiger partial charge on any atom is 0.0243 e. The minimum absolute atomic E-state index is 0.363.